The summed E-state index contributed by atoms with van der Waals surface area (Å²) in [4.78, 5) is 12.3. The number of carbonyl (C=O) groups excluding carboxylic acids is 1. The van der Waals surface area contributed by atoms with Crippen LogP contribution in [0.3, 0.4) is 0 Å². The first-order valence-corrected chi connectivity index (χ1v) is 6.14. The summed E-state index contributed by atoms with van der Waals surface area (Å²) in [7, 11) is 0. The Hall–Kier alpha value is -1.35. The van der Waals surface area contributed by atoms with Gasteiger partial charge >= 0.3 is 0 Å². The van der Waals surface area contributed by atoms with E-state index in [1.807, 2.05) is 32.0 Å². The third-order valence-corrected chi connectivity index (χ3v) is 3.24. The van der Waals surface area contributed by atoms with E-state index in [0.717, 1.165) is 24.2 Å². The van der Waals surface area contributed by atoms with Crippen LogP contribution in [-0.2, 0) is 6.42 Å². The number of hydrogen-bond donors (Lipinski definition) is 1. The summed E-state index contributed by atoms with van der Waals surface area (Å²) < 4.78 is 5.42. The average Bonchev–Trinajstić information content (AvgIpc) is 2.74. The van der Waals surface area contributed by atoms with E-state index < -0.39 is 5.54 Å². The van der Waals surface area contributed by atoms with Gasteiger partial charge in [-0.3, -0.25) is 4.79 Å². The molecule has 0 bridgehead atoms. The minimum absolute atomic E-state index is 0.0223. The second kappa shape index (κ2) is 4.49. The molecule has 2 rings (SSSR count). The summed E-state index contributed by atoms with van der Waals surface area (Å²) in [5.41, 5.74) is 7.12. The van der Waals surface area contributed by atoms with E-state index in [-0.39, 0.29) is 5.78 Å². The van der Waals surface area contributed by atoms with Crippen molar-refractivity contribution in [3.63, 3.8) is 0 Å². The van der Waals surface area contributed by atoms with E-state index in [9.17, 15) is 4.79 Å². The maximum atomic E-state index is 12.3. The molecular formula is C14H19NO2. The number of fused-ring (bicyclic) bond motifs is 1. The Morgan fingerprint density at radius 2 is 2.29 bits per heavy atom. The van der Waals surface area contributed by atoms with Crippen molar-refractivity contribution in [2.45, 2.75) is 38.6 Å². The standard InChI is InChI=1S/C14H19NO2/c1-3-7-14(2,15)13(16)11-4-5-12-10(9-11)6-8-17-12/h4-5,9H,3,6-8,15H2,1-2H3. The molecule has 1 aliphatic rings. The third-order valence-electron chi connectivity index (χ3n) is 3.24. The molecule has 0 radical (unpaired) electrons. The SMILES string of the molecule is CCCC(C)(N)C(=O)c1ccc2c(c1)CCO2. The molecule has 1 heterocycles. The second-order valence-electron chi connectivity index (χ2n) is 4.92. The molecule has 1 unspecified atom stereocenters. The lowest BCUT2D eigenvalue weighted by molar-refractivity contribution is 0.0893. The Bertz CT molecular complexity index is 438. The molecule has 1 aromatic rings. The van der Waals surface area contributed by atoms with Gasteiger partial charge in [0, 0.05) is 12.0 Å². The van der Waals surface area contributed by atoms with Gasteiger partial charge in [0.15, 0.2) is 5.78 Å². The van der Waals surface area contributed by atoms with Gasteiger partial charge in [-0.2, -0.15) is 0 Å². The van der Waals surface area contributed by atoms with E-state index in [0.29, 0.717) is 18.6 Å². The highest BCUT2D eigenvalue weighted by Crippen LogP contribution is 2.27. The fourth-order valence-electron chi connectivity index (χ4n) is 2.29. The largest absolute Gasteiger partial charge is 0.493 e. The second-order valence-corrected chi connectivity index (χ2v) is 4.92. The van der Waals surface area contributed by atoms with Gasteiger partial charge in [0.05, 0.1) is 12.1 Å². The van der Waals surface area contributed by atoms with Crippen molar-refractivity contribution >= 4 is 5.78 Å². The van der Waals surface area contributed by atoms with Gasteiger partial charge in [-0.25, -0.2) is 0 Å². The fourth-order valence-corrected chi connectivity index (χ4v) is 2.29. The minimum atomic E-state index is -0.761. The normalized spacial score (nSPS) is 17.1. The van der Waals surface area contributed by atoms with Crippen molar-refractivity contribution in [1.29, 1.82) is 0 Å². The van der Waals surface area contributed by atoms with Crippen molar-refractivity contribution in [1.82, 2.24) is 0 Å². The van der Waals surface area contributed by atoms with Gasteiger partial charge in [-0.05, 0) is 37.1 Å². The molecule has 1 atom stereocenters. The third kappa shape index (κ3) is 2.34. The first kappa shape index (κ1) is 12.1. The summed E-state index contributed by atoms with van der Waals surface area (Å²) in [5.74, 6) is 0.921. The predicted molar refractivity (Wildman–Crippen MR) is 67.5 cm³/mol. The lowest BCUT2D eigenvalue weighted by Gasteiger charge is -2.22. The molecule has 0 spiro atoms. The average molecular weight is 233 g/mol. The van der Waals surface area contributed by atoms with E-state index in [1.165, 1.54) is 0 Å². The molecule has 1 aromatic carbocycles. The van der Waals surface area contributed by atoms with E-state index in [1.54, 1.807) is 0 Å². The highest BCUT2D eigenvalue weighted by molar-refractivity contribution is 6.03. The van der Waals surface area contributed by atoms with Crippen LogP contribution in [0.25, 0.3) is 0 Å². The van der Waals surface area contributed by atoms with Gasteiger partial charge in [0.1, 0.15) is 5.75 Å². The lowest BCUT2D eigenvalue weighted by Crippen LogP contribution is -2.44. The minimum Gasteiger partial charge on any atom is -0.493 e. The fraction of sp³-hybridized carbons (Fsp3) is 0.500. The van der Waals surface area contributed by atoms with Crippen molar-refractivity contribution < 1.29 is 9.53 Å². The molecule has 17 heavy (non-hydrogen) atoms. The number of hydrogen-bond acceptors (Lipinski definition) is 3. The van der Waals surface area contributed by atoms with E-state index in [2.05, 4.69) is 0 Å². The maximum absolute atomic E-state index is 12.3. The molecule has 2 N–H and O–H groups in total. The van der Waals surface area contributed by atoms with Crippen LogP contribution in [0.5, 0.6) is 5.75 Å². The number of ether oxygens (including phenoxy) is 1. The van der Waals surface area contributed by atoms with Crippen LogP contribution >= 0.6 is 0 Å². The lowest BCUT2D eigenvalue weighted by atomic mass is 9.87. The summed E-state index contributed by atoms with van der Waals surface area (Å²) >= 11 is 0. The van der Waals surface area contributed by atoms with Crippen LogP contribution < -0.4 is 10.5 Å². The molecule has 3 heteroatoms. The Morgan fingerprint density at radius 1 is 1.53 bits per heavy atom. The molecule has 0 saturated heterocycles. The molecule has 0 fully saturated rings. The topological polar surface area (TPSA) is 52.3 Å². The number of rotatable bonds is 4. The molecule has 1 aliphatic heterocycles. The number of nitrogens with two attached hydrogens (primary N) is 1. The zero-order chi connectivity index (χ0) is 12.5. The number of benzene rings is 1. The molecule has 0 aromatic heterocycles. The van der Waals surface area contributed by atoms with Crippen LogP contribution in [-0.4, -0.2) is 17.9 Å². The highest BCUT2D eigenvalue weighted by Gasteiger charge is 2.29. The van der Waals surface area contributed by atoms with Gasteiger partial charge in [0.25, 0.3) is 0 Å². The Morgan fingerprint density at radius 3 is 3.00 bits per heavy atom. The smallest absolute Gasteiger partial charge is 0.182 e. The monoisotopic (exact) mass is 233 g/mol. The van der Waals surface area contributed by atoms with Crippen LogP contribution in [0.4, 0.5) is 0 Å². The first-order chi connectivity index (χ1) is 8.04. The Balaban J connectivity index is 2.26. The van der Waals surface area contributed by atoms with Crippen LogP contribution in [0, 0.1) is 0 Å². The number of ketones is 1. The highest BCUT2D eigenvalue weighted by atomic mass is 16.5. The van der Waals surface area contributed by atoms with Crippen LogP contribution in [0.15, 0.2) is 18.2 Å². The van der Waals surface area contributed by atoms with Crippen molar-refractivity contribution in [2.75, 3.05) is 6.61 Å². The molecule has 0 saturated carbocycles. The molecule has 0 aliphatic carbocycles. The van der Waals surface area contributed by atoms with Crippen molar-refractivity contribution in [3.8, 4) is 5.75 Å². The van der Waals surface area contributed by atoms with Gasteiger partial charge in [-0.1, -0.05) is 13.3 Å². The number of Topliss-reactive ketones (excluding diaryl/α,β-unsaturated/α-hetero) is 1. The summed E-state index contributed by atoms with van der Waals surface area (Å²) in [6.45, 7) is 4.55. The molecule has 92 valence electrons. The van der Waals surface area contributed by atoms with Gasteiger partial charge in [-0.15, -0.1) is 0 Å². The van der Waals surface area contributed by atoms with Crippen LogP contribution in [0.2, 0.25) is 0 Å². The zero-order valence-corrected chi connectivity index (χ0v) is 10.5. The summed E-state index contributed by atoms with van der Waals surface area (Å²) in [6, 6.07) is 5.61. The Labute approximate surface area is 102 Å². The molecular weight excluding hydrogens is 214 g/mol. The summed E-state index contributed by atoms with van der Waals surface area (Å²) in [6.07, 6.45) is 2.50. The predicted octanol–water partition coefficient (Wildman–Crippen LogP) is 2.32. The van der Waals surface area contributed by atoms with E-state index in [4.69, 9.17) is 10.5 Å². The summed E-state index contributed by atoms with van der Waals surface area (Å²) in [5, 5.41) is 0. The van der Waals surface area contributed by atoms with Gasteiger partial charge in [0.2, 0.25) is 0 Å². The van der Waals surface area contributed by atoms with Crippen molar-refractivity contribution in [2.24, 2.45) is 5.73 Å². The van der Waals surface area contributed by atoms with Gasteiger partial charge < -0.3 is 10.5 Å². The van der Waals surface area contributed by atoms with Crippen molar-refractivity contribution in [3.05, 3.63) is 29.3 Å². The first-order valence-electron chi connectivity index (χ1n) is 6.14. The molecule has 3 nitrogen and oxygen atoms in total. The van der Waals surface area contributed by atoms with Crippen LogP contribution in [0.1, 0.15) is 42.6 Å². The quantitative estimate of drug-likeness (QED) is 0.812. The zero-order valence-electron chi connectivity index (χ0n) is 10.5. The van der Waals surface area contributed by atoms with E-state index >= 15 is 0 Å². The maximum Gasteiger partial charge on any atom is 0.182 e. The Kier molecular flexibility index (Phi) is 3.20. The molecule has 0 amide bonds. The number of carbonyl (C=O) groups is 1.